The van der Waals surface area contributed by atoms with Crippen LogP contribution in [-0.4, -0.2) is 12.1 Å². The molecule has 2 unspecified atom stereocenters. The standard InChI is InChI=1S/C10H19N.ClH/c1-7-5-10(9-3-4-9)6-8(2)11-7;/h7-11H,3-6H2,1-2H3;1H. The maximum Gasteiger partial charge on any atom is 0.00439 e. The molecule has 2 fully saturated rings. The molecule has 0 radical (unpaired) electrons. The Labute approximate surface area is 81.7 Å². The first-order chi connectivity index (χ1) is 5.25. The summed E-state index contributed by atoms with van der Waals surface area (Å²) in [6.45, 7) is 4.65. The summed E-state index contributed by atoms with van der Waals surface area (Å²) in [5.41, 5.74) is 0. The molecule has 0 aromatic carbocycles. The van der Waals surface area contributed by atoms with Crippen molar-refractivity contribution >= 4 is 12.4 Å². The van der Waals surface area contributed by atoms with Gasteiger partial charge < -0.3 is 5.32 Å². The summed E-state index contributed by atoms with van der Waals surface area (Å²) in [5.74, 6) is 2.17. The highest BCUT2D eigenvalue weighted by Crippen LogP contribution is 2.42. The highest BCUT2D eigenvalue weighted by molar-refractivity contribution is 5.85. The fourth-order valence-electron chi connectivity index (χ4n) is 2.58. The van der Waals surface area contributed by atoms with Gasteiger partial charge in [0.25, 0.3) is 0 Å². The fourth-order valence-corrected chi connectivity index (χ4v) is 2.58. The molecular weight excluding hydrogens is 170 g/mol. The van der Waals surface area contributed by atoms with Crippen LogP contribution in [0.1, 0.15) is 39.5 Å². The molecule has 0 bridgehead atoms. The van der Waals surface area contributed by atoms with Crippen LogP contribution in [0.25, 0.3) is 0 Å². The van der Waals surface area contributed by atoms with Crippen molar-refractivity contribution in [3.63, 3.8) is 0 Å². The summed E-state index contributed by atoms with van der Waals surface area (Å²) in [4.78, 5) is 0. The van der Waals surface area contributed by atoms with Gasteiger partial charge in [-0.3, -0.25) is 0 Å². The van der Waals surface area contributed by atoms with Crippen LogP contribution < -0.4 is 5.32 Å². The number of rotatable bonds is 1. The van der Waals surface area contributed by atoms with E-state index in [-0.39, 0.29) is 12.4 Å². The van der Waals surface area contributed by atoms with Crippen molar-refractivity contribution in [1.82, 2.24) is 5.32 Å². The van der Waals surface area contributed by atoms with Gasteiger partial charge in [-0.05, 0) is 51.4 Å². The van der Waals surface area contributed by atoms with Crippen LogP contribution in [0.15, 0.2) is 0 Å². The summed E-state index contributed by atoms with van der Waals surface area (Å²) in [6, 6.07) is 1.54. The van der Waals surface area contributed by atoms with Gasteiger partial charge in [0.1, 0.15) is 0 Å². The summed E-state index contributed by atoms with van der Waals surface area (Å²) >= 11 is 0. The second-order valence-electron chi connectivity index (χ2n) is 4.54. The Morgan fingerprint density at radius 3 is 1.83 bits per heavy atom. The fraction of sp³-hybridized carbons (Fsp3) is 1.00. The quantitative estimate of drug-likeness (QED) is 0.669. The van der Waals surface area contributed by atoms with Gasteiger partial charge in [-0.25, -0.2) is 0 Å². The monoisotopic (exact) mass is 189 g/mol. The molecule has 1 heterocycles. The van der Waals surface area contributed by atoms with E-state index < -0.39 is 0 Å². The summed E-state index contributed by atoms with van der Waals surface area (Å²) in [7, 11) is 0. The third kappa shape index (κ3) is 2.37. The van der Waals surface area contributed by atoms with Crippen molar-refractivity contribution in [3.05, 3.63) is 0 Å². The maximum absolute atomic E-state index is 3.59. The van der Waals surface area contributed by atoms with Crippen LogP contribution in [0.5, 0.6) is 0 Å². The Morgan fingerprint density at radius 2 is 1.42 bits per heavy atom. The average molecular weight is 190 g/mol. The molecule has 1 aliphatic heterocycles. The lowest BCUT2D eigenvalue weighted by atomic mass is 9.85. The lowest BCUT2D eigenvalue weighted by Gasteiger charge is -2.33. The number of hydrogen-bond donors (Lipinski definition) is 1. The van der Waals surface area contributed by atoms with Crippen molar-refractivity contribution in [2.75, 3.05) is 0 Å². The molecule has 2 atom stereocenters. The number of nitrogens with one attached hydrogen (secondary N) is 1. The summed E-state index contributed by atoms with van der Waals surface area (Å²) in [6.07, 6.45) is 5.89. The van der Waals surface area contributed by atoms with Crippen molar-refractivity contribution in [1.29, 1.82) is 0 Å². The second kappa shape index (κ2) is 3.97. The van der Waals surface area contributed by atoms with Crippen molar-refractivity contribution in [2.45, 2.75) is 51.6 Å². The first-order valence-electron chi connectivity index (χ1n) is 5.01. The van der Waals surface area contributed by atoms with E-state index >= 15 is 0 Å². The van der Waals surface area contributed by atoms with Gasteiger partial charge in [0.2, 0.25) is 0 Å². The van der Waals surface area contributed by atoms with Crippen LogP contribution in [0, 0.1) is 11.8 Å². The molecule has 0 spiro atoms. The van der Waals surface area contributed by atoms with Gasteiger partial charge in [0.15, 0.2) is 0 Å². The third-order valence-electron chi connectivity index (χ3n) is 3.17. The van der Waals surface area contributed by atoms with Crippen LogP contribution in [0.4, 0.5) is 0 Å². The second-order valence-corrected chi connectivity index (χ2v) is 4.54. The molecule has 0 aromatic heterocycles. The molecule has 1 nitrogen and oxygen atoms in total. The molecule has 12 heavy (non-hydrogen) atoms. The Morgan fingerprint density at radius 1 is 0.917 bits per heavy atom. The Bertz CT molecular complexity index is 135. The Balaban J connectivity index is 0.000000720. The van der Waals surface area contributed by atoms with E-state index in [1.165, 1.54) is 25.7 Å². The van der Waals surface area contributed by atoms with Gasteiger partial charge in [-0.2, -0.15) is 0 Å². The zero-order valence-corrected chi connectivity index (χ0v) is 8.86. The van der Waals surface area contributed by atoms with Crippen molar-refractivity contribution in [3.8, 4) is 0 Å². The molecule has 72 valence electrons. The van der Waals surface area contributed by atoms with Crippen molar-refractivity contribution < 1.29 is 0 Å². The third-order valence-corrected chi connectivity index (χ3v) is 3.17. The normalized spacial score (nSPS) is 42.0. The average Bonchev–Trinajstić information content (AvgIpc) is 2.64. The number of halogens is 1. The van der Waals surface area contributed by atoms with Crippen LogP contribution >= 0.6 is 12.4 Å². The van der Waals surface area contributed by atoms with E-state index in [2.05, 4.69) is 19.2 Å². The maximum atomic E-state index is 3.59. The topological polar surface area (TPSA) is 12.0 Å². The zero-order valence-electron chi connectivity index (χ0n) is 8.05. The molecule has 1 saturated heterocycles. The SMILES string of the molecule is CC1CC(C2CC2)CC(C)N1.Cl. The summed E-state index contributed by atoms with van der Waals surface area (Å²) in [5, 5.41) is 3.59. The molecule has 2 heteroatoms. The van der Waals surface area contributed by atoms with E-state index in [0.29, 0.717) is 0 Å². The summed E-state index contributed by atoms with van der Waals surface area (Å²) < 4.78 is 0. The van der Waals surface area contributed by atoms with Gasteiger partial charge in [-0.15, -0.1) is 12.4 Å². The minimum atomic E-state index is 0. The van der Waals surface area contributed by atoms with Gasteiger partial charge in [0, 0.05) is 12.1 Å². The number of hydrogen-bond acceptors (Lipinski definition) is 1. The number of piperidine rings is 1. The highest BCUT2D eigenvalue weighted by atomic mass is 35.5. The largest absolute Gasteiger partial charge is 0.312 e. The van der Waals surface area contributed by atoms with E-state index in [9.17, 15) is 0 Å². The highest BCUT2D eigenvalue weighted by Gasteiger charge is 2.35. The van der Waals surface area contributed by atoms with Gasteiger partial charge in [0.05, 0.1) is 0 Å². The molecule has 1 N–H and O–H groups in total. The first kappa shape index (κ1) is 10.3. The smallest absolute Gasteiger partial charge is 0.00439 e. The minimum Gasteiger partial charge on any atom is -0.312 e. The molecule has 0 amide bonds. The van der Waals surface area contributed by atoms with E-state index in [0.717, 1.165) is 23.9 Å². The molecule has 2 rings (SSSR count). The van der Waals surface area contributed by atoms with E-state index in [1.54, 1.807) is 0 Å². The van der Waals surface area contributed by atoms with Crippen LogP contribution in [0.2, 0.25) is 0 Å². The minimum absolute atomic E-state index is 0. The van der Waals surface area contributed by atoms with Gasteiger partial charge in [-0.1, -0.05) is 0 Å². The first-order valence-corrected chi connectivity index (χ1v) is 5.01. The molecule has 1 aliphatic carbocycles. The lowest BCUT2D eigenvalue weighted by molar-refractivity contribution is 0.240. The van der Waals surface area contributed by atoms with Crippen molar-refractivity contribution in [2.24, 2.45) is 11.8 Å². The Kier molecular flexibility index (Phi) is 3.42. The van der Waals surface area contributed by atoms with Crippen LogP contribution in [0.3, 0.4) is 0 Å². The Hall–Kier alpha value is 0.250. The van der Waals surface area contributed by atoms with E-state index in [1.807, 2.05) is 0 Å². The van der Waals surface area contributed by atoms with Gasteiger partial charge >= 0.3 is 0 Å². The van der Waals surface area contributed by atoms with E-state index in [4.69, 9.17) is 0 Å². The predicted molar refractivity (Wildman–Crippen MR) is 54.8 cm³/mol. The predicted octanol–water partition coefficient (Wildman–Crippen LogP) is 2.59. The zero-order chi connectivity index (χ0) is 7.84. The lowest BCUT2D eigenvalue weighted by Crippen LogP contribution is -2.42. The molecular formula is C10H20ClN. The molecule has 2 aliphatic rings. The van der Waals surface area contributed by atoms with Crippen LogP contribution in [-0.2, 0) is 0 Å². The molecule has 0 aromatic rings. The molecule has 1 saturated carbocycles.